The summed E-state index contributed by atoms with van der Waals surface area (Å²) >= 11 is 1.80. The van der Waals surface area contributed by atoms with Gasteiger partial charge in [-0.15, -0.1) is 11.3 Å². The minimum absolute atomic E-state index is 0.0589. The monoisotopic (exact) mass is 346 g/mol. The van der Waals surface area contributed by atoms with E-state index in [1.165, 1.54) is 10.4 Å². The van der Waals surface area contributed by atoms with E-state index in [0.717, 1.165) is 43.9 Å². The third-order valence-electron chi connectivity index (χ3n) is 4.87. The first kappa shape index (κ1) is 17.2. The lowest BCUT2D eigenvalue weighted by molar-refractivity contribution is -0.123. The Bertz CT molecular complexity index is 692. The number of nitrogens with one attached hydrogen (secondary N) is 1. The highest BCUT2D eigenvalue weighted by Gasteiger charge is 2.22. The summed E-state index contributed by atoms with van der Waals surface area (Å²) in [7, 11) is 0. The van der Waals surface area contributed by atoms with E-state index in [2.05, 4.69) is 39.8 Å². The van der Waals surface area contributed by atoms with Crippen LogP contribution in [-0.4, -0.2) is 39.7 Å². The molecule has 2 aromatic rings. The number of aromatic nitrogens is 2. The van der Waals surface area contributed by atoms with E-state index < -0.39 is 0 Å². The molecule has 1 aliphatic heterocycles. The highest BCUT2D eigenvalue weighted by Crippen LogP contribution is 2.17. The molecule has 0 radical (unpaired) electrons. The largest absolute Gasteiger partial charge is 0.350 e. The molecule has 1 atom stereocenters. The Kier molecular flexibility index (Phi) is 5.36. The second-order valence-electron chi connectivity index (χ2n) is 6.67. The number of aryl methyl sites for hydroxylation is 1. The van der Waals surface area contributed by atoms with Crippen molar-refractivity contribution in [1.82, 2.24) is 20.0 Å². The number of piperidine rings is 1. The van der Waals surface area contributed by atoms with Gasteiger partial charge in [0, 0.05) is 29.7 Å². The number of hydrogen-bond donors (Lipinski definition) is 1. The molecule has 0 bridgehead atoms. The van der Waals surface area contributed by atoms with Crippen molar-refractivity contribution in [2.24, 2.45) is 0 Å². The van der Waals surface area contributed by atoms with E-state index in [-0.39, 0.29) is 11.9 Å². The van der Waals surface area contributed by atoms with E-state index in [1.807, 2.05) is 18.5 Å². The molecule has 0 unspecified atom stereocenters. The molecule has 1 amide bonds. The van der Waals surface area contributed by atoms with Crippen LogP contribution in [0, 0.1) is 20.8 Å². The van der Waals surface area contributed by atoms with Gasteiger partial charge in [-0.3, -0.25) is 14.4 Å². The predicted octanol–water partition coefficient (Wildman–Crippen LogP) is 2.65. The molecule has 5 nitrogen and oxygen atoms in total. The lowest BCUT2D eigenvalue weighted by atomic mass is 10.1. The Morgan fingerprint density at radius 2 is 2.25 bits per heavy atom. The maximum Gasteiger partial charge on any atom is 0.242 e. The van der Waals surface area contributed by atoms with Gasteiger partial charge < -0.3 is 5.32 Å². The first-order chi connectivity index (χ1) is 11.5. The summed E-state index contributed by atoms with van der Waals surface area (Å²) in [6.45, 7) is 9.39. The van der Waals surface area contributed by atoms with Crippen LogP contribution in [0.3, 0.4) is 0 Å². The Morgan fingerprint density at radius 3 is 2.92 bits per heavy atom. The number of thiophene rings is 1. The van der Waals surface area contributed by atoms with Crippen molar-refractivity contribution >= 4 is 17.2 Å². The lowest BCUT2D eigenvalue weighted by Gasteiger charge is -2.32. The molecule has 1 saturated heterocycles. The highest BCUT2D eigenvalue weighted by atomic mass is 32.1. The standard InChI is InChI=1S/C18H26N4OS/c1-13-14(2)20-22(15(13)3)12-18(23)19-16-6-4-8-21(10-16)11-17-7-5-9-24-17/h5,7,9,16H,4,6,8,10-12H2,1-3H3,(H,19,23)/t16-/m0/s1. The summed E-state index contributed by atoms with van der Waals surface area (Å²) in [5, 5.41) is 9.77. The van der Waals surface area contributed by atoms with Crippen LogP contribution < -0.4 is 5.32 Å². The molecule has 3 rings (SSSR count). The number of carbonyl (C=O) groups excluding carboxylic acids is 1. The average molecular weight is 347 g/mol. The van der Waals surface area contributed by atoms with Gasteiger partial charge in [-0.05, 0) is 57.2 Å². The van der Waals surface area contributed by atoms with Crippen molar-refractivity contribution in [3.63, 3.8) is 0 Å². The first-order valence-electron chi connectivity index (χ1n) is 8.57. The predicted molar refractivity (Wildman–Crippen MR) is 97.2 cm³/mol. The highest BCUT2D eigenvalue weighted by molar-refractivity contribution is 7.09. The van der Waals surface area contributed by atoms with Gasteiger partial charge in [-0.25, -0.2) is 0 Å². The van der Waals surface area contributed by atoms with Crippen LogP contribution in [0.2, 0.25) is 0 Å². The number of amides is 1. The number of hydrogen-bond acceptors (Lipinski definition) is 4. The third-order valence-corrected chi connectivity index (χ3v) is 5.73. The zero-order valence-corrected chi connectivity index (χ0v) is 15.5. The average Bonchev–Trinajstić information content (AvgIpc) is 3.13. The van der Waals surface area contributed by atoms with Gasteiger partial charge in [0.25, 0.3) is 0 Å². The number of carbonyl (C=O) groups is 1. The summed E-state index contributed by atoms with van der Waals surface area (Å²) in [5.41, 5.74) is 3.24. The summed E-state index contributed by atoms with van der Waals surface area (Å²) in [6, 6.07) is 4.52. The van der Waals surface area contributed by atoms with Crippen LogP contribution in [0.4, 0.5) is 0 Å². The number of likely N-dealkylation sites (tertiary alicyclic amines) is 1. The second kappa shape index (κ2) is 7.49. The number of rotatable bonds is 5. The molecular formula is C18H26N4OS. The zero-order chi connectivity index (χ0) is 17.1. The van der Waals surface area contributed by atoms with E-state index in [0.29, 0.717) is 6.54 Å². The molecule has 1 N–H and O–H groups in total. The molecule has 3 heterocycles. The minimum Gasteiger partial charge on any atom is -0.350 e. The summed E-state index contributed by atoms with van der Waals surface area (Å²) in [5.74, 6) is 0.0589. The van der Waals surface area contributed by atoms with E-state index in [1.54, 1.807) is 11.3 Å². The topological polar surface area (TPSA) is 50.2 Å². The zero-order valence-electron chi connectivity index (χ0n) is 14.7. The maximum atomic E-state index is 12.4. The second-order valence-corrected chi connectivity index (χ2v) is 7.71. The molecule has 1 aliphatic rings. The van der Waals surface area contributed by atoms with Crippen molar-refractivity contribution in [1.29, 1.82) is 0 Å². The van der Waals surface area contributed by atoms with Crippen LogP contribution in [0.15, 0.2) is 17.5 Å². The Morgan fingerprint density at radius 1 is 1.42 bits per heavy atom. The van der Waals surface area contributed by atoms with E-state index in [4.69, 9.17) is 0 Å². The van der Waals surface area contributed by atoms with E-state index in [9.17, 15) is 4.79 Å². The van der Waals surface area contributed by atoms with Crippen molar-refractivity contribution in [3.05, 3.63) is 39.3 Å². The molecular weight excluding hydrogens is 320 g/mol. The van der Waals surface area contributed by atoms with Crippen LogP contribution in [-0.2, 0) is 17.9 Å². The smallest absolute Gasteiger partial charge is 0.242 e. The summed E-state index contributed by atoms with van der Waals surface area (Å²) < 4.78 is 1.81. The van der Waals surface area contributed by atoms with Gasteiger partial charge in [0.2, 0.25) is 5.91 Å². The summed E-state index contributed by atoms with van der Waals surface area (Å²) in [4.78, 5) is 16.2. The fourth-order valence-electron chi connectivity index (χ4n) is 3.29. The Labute approximate surface area is 147 Å². The molecule has 0 aliphatic carbocycles. The van der Waals surface area contributed by atoms with Gasteiger partial charge in [0.15, 0.2) is 0 Å². The van der Waals surface area contributed by atoms with Crippen LogP contribution in [0.25, 0.3) is 0 Å². The first-order valence-corrected chi connectivity index (χ1v) is 9.45. The number of nitrogens with zero attached hydrogens (tertiary/aromatic N) is 3. The Hall–Kier alpha value is -1.66. The Balaban J connectivity index is 1.53. The van der Waals surface area contributed by atoms with Crippen molar-refractivity contribution in [2.45, 2.75) is 52.7 Å². The molecule has 0 spiro atoms. The summed E-state index contributed by atoms with van der Waals surface area (Å²) in [6.07, 6.45) is 2.19. The molecule has 6 heteroatoms. The molecule has 0 saturated carbocycles. The normalized spacial score (nSPS) is 18.7. The van der Waals surface area contributed by atoms with E-state index >= 15 is 0 Å². The molecule has 2 aromatic heterocycles. The van der Waals surface area contributed by atoms with Gasteiger partial charge >= 0.3 is 0 Å². The van der Waals surface area contributed by atoms with Crippen LogP contribution in [0.1, 0.15) is 34.7 Å². The fourth-order valence-corrected chi connectivity index (χ4v) is 4.04. The minimum atomic E-state index is 0.0589. The third kappa shape index (κ3) is 4.05. The lowest BCUT2D eigenvalue weighted by Crippen LogP contribution is -2.48. The maximum absolute atomic E-state index is 12.4. The molecule has 1 fully saturated rings. The molecule has 0 aromatic carbocycles. The molecule has 130 valence electrons. The fraction of sp³-hybridized carbons (Fsp3) is 0.556. The SMILES string of the molecule is Cc1nn(CC(=O)N[C@H]2CCCN(Cc3cccs3)C2)c(C)c1C. The van der Waals surface area contributed by atoms with Crippen LogP contribution in [0.5, 0.6) is 0 Å². The van der Waals surface area contributed by atoms with Crippen molar-refractivity contribution < 1.29 is 4.79 Å². The van der Waals surface area contributed by atoms with Crippen molar-refractivity contribution in [2.75, 3.05) is 13.1 Å². The van der Waals surface area contributed by atoms with Gasteiger partial charge in [-0.2, -0.15) is 5.10 Å². The van der Waals surface area contributed by atoms with Crippen molar-refractivity contribution in [3.8, 4) is 0 Å². The quantitative estimate of drug-likeness (QED) is 0.905. The van der Waals surface area contributed by atoms with Gasteiger partial charge in [-0.1, -0.05) is 6.07 Å². The van der Waals surface area contributed by atoms with Gasteiger partial charge in [0.1, 0.15) is 6.54 Å². The molecule has 24 heavy (non-hydrogen) atoms. The van der Waals surface area contributed by atoms with Crippen LogP contribution >= 0.6 is 11.3 Å². The van der Waals surface area contributed by atoms with Gasteiger partial charge in [0.05, 0.1) is 5.69 Å².